The number of rotatable bonds is 20. The molecule has 6 nitrogen and oxygen atoms in total. The second-order valence-electron chi connectivity index (χ2n) is 16.3. The van der Waals surface area contributed by atoms with Crippen molar-refractivity contribution in [3.63, 3.8) is 0 Å². The molecule has 1 fully saturated rings. The van der Waals surface area contributed by atoms with Crippen LogP contribution in [0.25, 0.3) is 0 Å². The van der Waals surface area contributed by atoms with Gasteiger partial charge < -0.3 is 22.4 Å². The number of hydrogen-bond acceptors (Lipinski definition) is 6. The van der Waals surface area contributed by atoms with Gasteiger partial charge in [-0.3, -0.25) is 4.79 Å². The first kappa shape index (κ1) is 40.7. The lowest BCUT2D eigenvalue weighted by molar-refractivity contribution is -0.140. The zero-order valence-electron chi connectivity index (χ0n) is 30.4. The summed E-state index contributed by atoms with van der Waals surface area (Å²) in [5.74, 6) is 0.478. The van der Waals surface area contributed by atoms with Crippen molar-refractivity contribution in [3.8, 4) is 0 Å². The molecule has 0 saturated heterocycles. The van der Waals surface area contributed by atoms with Crippen molar-refractivity contribution >= 4 is 39.2 Å². The molecule has 0 radical (unpaired) electrons. The Kier molecular flexibility index (Phi) is 17.1. The molecule has 1 aliphatic rings. The standard InChI is InChI=1S/C33H68O6Si4/c1-27(36-40(3,4)5)20-19-21-28(37-41(6,7)8)24-25-30-29(22-17-15-16-18-23-33(34)35-2)31(38-42(9,10)11)26-32(30)39-43(12,13)14/h15,17,24-25,27-32H,16,18-23,26H2,1-14H3/b17-15+,25-24+. The Balaban J connectivity index is 3.20. The van der Waals surface area contributed by atoms with Gasteiger partial charge in [-0.1, -0.05) is 24.3 Å². The maximum Gasteiger partial charge on any atom is 0.305 e. The van der Waals surface area contributed by atoms with Crippen molar-refractivity contribution in [1.82, 2.24) is 0 Å². The van der Waals surface area contributed by atoms with Crippen LogP contribution in [0.5, 0.6) is 0 Å². The van der Waals surface area contributed by atoms with Crippen LogP contribution in [0.1, 0.15) is 58.3 Å². The third-order valence-electron chi connectivity index (χ3n) is 7.14. The van der Waals surface area contributed by atoms with Gasteiger partial charge in [0.05, 0.1) is 25.4 Å². The molecule has 0 aromatic rings. The lowest BCUT2D eigenvalue weighted by Gasteiger charge is -2.30. The molecule has 0 amide bonds. The summed E-state index contributed by atoms with van der Waals surface area (Å²) >= 11 is 0. The van der Waals surface area contributed by atoms with E-state index in [4.69, 9.17) is 22.4 Å². The van der Waals surface area contributed by atoms with Gasteiger partial charge in [0.15, 0.2) is 33.3 Å². The van der Waals surface area contributed by atoms with Gasteiger partial charge in [0.2, 0.25) is 0 Å². The van der Waals surface area contributed by atoms with E-state index in [2.05, 4.69) is 110 Å². The Hall–Kier alpha value is -0.342. The van der Waals surface area contributed by atoms with Crippen LogP contribution in [0.4, 0.5) is 0 Å². The second-order valence-corrected chi connectivity index (χ2v) is 34.2. The van der Waals surface area contributed by atoms with Gasteiger partial charge >= 0.3 is 5.97 Å². The fourth-order valence-corrected chi connectivity index (χ4v) is 10.6. The molecule has 1 saturated carbocycles. The maximum atomic E-state index is 11.5. The molecule has 0 bridgehead atoms. The molecule has 0 N–H and O–H groups in total. The van der Waals surface area contributed by atoms with Crippen LogP contribution in [0.15, 0.2) is 24.3 Å². The first-order valence-corrected chi connectivity index (χ1v) is 30.3. The van der Waals surface area contributed by atoms with Gasteiger partial charge in [0.25, 0.3) is 0 Å². The summed E-state index contributed by atoms with van der Waals surface area (Å²) in [4.78, 5) is 11.5. The van der Waals surface area contributed by atoms with Gasteiger partial charge in [-0.2, -0.15) is 0 Å². The molecule has 0 aromatic carbocycles. The zero-order chi connectivity index (χ0) is 33.1. The van der Waals surface area contributed by atoms with E-state index in [9.17, 15) is 4.79 Å². The molecule has 0 aromatic heterocycles. The van der Waals surface area contributed by atoms with E-state index in [1.165, 1.54) is 7.11 Å². The van der Waals surface area contributed by atoms with Crippen molar-refractivity contribution in [3.05, 3.63) is 24.3 Å². The second kappa shape index (κ2) is 18.1. The monoisotopic (exact) mass is 672 g/mol. The summed E-state index contributed by atoms with van der Waals surface area (Å²) in [5, 5.41) is 0. The minimum absolute atomic E-state index is 0.102. The van der Waals surface area contributed by atoms with E-state index in [-0.39, 0.29) is 36.3 Å². The lowest BCUT2D eigenvalue weighted by atomic mass is 9.89. The van der Waals surface area contributed by atoms with Gasteiger partial charge in [0.1, 0.15) is 0 Å². The Bertz CT molecular complexity index is 867. The Morgan fingerprint density at radius 2 is 1.35 bits per heavy atom. The highest BCUT2D eigenvalue weighted by molar-refractivity contribution is 6.70. The Labute approximate surface area is 270 Å². The topological polar surface area (TPSA) is 63.2 Å². The molecule has 1 aliphatic carbocycles. The van der Waals surface area contributed by atoms with E-state index in [1.54, 1.807) is 0 Å². The van der Waals surface area contributed by atoms with Crippen LogP contribution >= 0.6 is 0 Å². The number of carbonyl (C=O) groups is 1. The minimum atomic E-state index is -1.77. The minimum Gasteiger partial charge on any atom is -0.469 e. The molecule has 252 valence electrons. The highest BCUT2D eigenvalue weighted by Crippen LogP contribution is 2.42. The van der Waals surface area contributed by atoms with Gasteiger partial charge in [0, 0.05) is 18.4 Å². The number of ether oxygens (including phenoxy) is 1. The molecular formula is C33H68O6Si4. The van der Waals surface area contributed by atoms with Crippen LogP contribution in [0.2, 0.25) is 78.6 Å². The van der Waals surface area contributed by atoms with Crippen molar-refractivity contribution in [2.75, 3.05) is 7.11 Å². The van der Waals surface area contributed by atoms with E-state index < -0.39 is 33.3 Å². The molecule has 10 heteroatoms. The lowest BCUT2D eigenvalue weighted by Crippen LogP contribution is -2.35. The average molecular weight is 673 g/mol. The van der Waals surface area contributed by atoms with Crippen LogP contribution in [-0.2, 0) is 27.2 Å². The average Bonchev–Trinajstić information content (AvgIpc) is 3.09. The first-order valence-electron chi connectivity index (χ1n) is 16.7. The normalized spacial score (nSPS) is 23.8. The van der Waals surface area contributed by atoms with Crippen LogP contribution in [0.3, 0.4) is 0 Å². The summed E-state index contributed by atoms with van der Waals surface area (Å²) in [5.41, 5.74) is 0. The van der Waals surface area contributed by atoms with Crippen molar-refractivity contribution < 1.29 is 27.2 Å². The number of esters is 1. The summed E-state index contributed by atoms with van der Waals surface area (Å²) in [6.45, 7) is 29.6. The van der Waals surface area contributed by atoms with Crippen LogP contribution in [-0.4, -0.2) is 70.8 Å². The van der Waals surface area contributed by atoms with Crippen molar-refractivity contribution in [1.29, 1.82) is 0 Å². The first-order chi connectivity index (χ1) is 19.6. The fraction of sp³-hybridized carbons (Fsp3) is 0.848. The molecule has 1 rings (SSSR count). The van der Waals surface area contributed by atoms with Crippen LogP contribution < -0.4 is 0 Å². The molecule has 6 atom stereocenters. The zero-order valence-corrected chi connectivity index (χ0v) is 34.4. The number of carbonyl (C=O) groups excluding carboxylic acids is 1. The quantitative estimate of drug-likeness (QED) is 0.0556. The molecular weight excluding hydrogens is 605 g/mol. The number of hydrogen-bond donors (Lipinski definition) is 0. The number of allylic oxidation sites excluding steroid dienone is 2. The van der Waals surface area contributed by atoms with E-state index in [0.29, 0.717) is 12.3 Å². The summed E-state index contributed by atoms with van der Waals surface area (Å²) in [6.07, 6.45) is 17.2. The summed E-state index contributed by atoms with van der Waals surface area (Å²) in [7, 11) is -5.35. The maximum absolute atomic E-state index is 11.5. The third-order valence-corrected chi connectivity index (χ3v) is 11.3. The van der Waals surface area contributed by atoms with E-state index >= 15 is 0 Å². The Morgan fingerprint density at radius 3 is 1.88 bits per heavy atom. The molecule has 43 heavy (non-hydrogen) atoms. The highest BCUT2D eigenvalue weighted by atomic mass is 28.4. The predicted molar refractivity (Wildman–Crippen MR) is 193 cm³/mol. The van der Waals surface area contributed by atoms with Crippen molar-refractivity contribution in [2.45, 2.75) is 161 Å². The number of methoxy groups -OCH3 is 1. The number of unbranched alkanes of at least 4 members (excludes halogenated alkanes) is 1. The smallest absolute Gasteiger partial charge is 0.305 e. The molecule has 0 aliphatic heterocycles. The molecule has 0 spiro atoms. The van der Waals surface area contributed by atoms with E-state index in [0.717, 1.165) is 44.9 Å². The van der Waals surface area contributed by atoms with E-state index in [1.807, 2.05) is 0 Å². The third kappa shape index (κ3) is 19.7. The fourth-order valence-electron chi connectivity index (χ4n) is 5.84. The Morgan fingerprint density at radius 1 is 0.767 bits per heavy atom. The largest absolute Gasteiger partial charge is 0.469 e. The summed E-state index contributed by atoms with van der Waals surface area (Å²) in [6, 6.07) is 0. The van der Waals surface area contributed by atoms with Gasteiger partial charge in [-0.15, -0.1) is 0 Å². The SMILES string of the molecule is COC(=O)CCC/C=C/CC1C(O[Si](C)(C)C)CC(O[Si](C)(C)C)C1/C=C/C(CCCC(C)O[Si](C)(C)C)O[Si](C)(C)C. The molecule has 6 unspecified atom stereocenters. The van der Waals surface area contributed by atoms with Crippen molar-refractivity contribution in [2.24, 2.45) is 11.8 Å². The summed E-state index contributed by atoms with van der Waals surface area (Å²) < 4.78 is 31.5. The predicted octanol–water partition coefficient (Wildman–Crippen LogP) is 9.54. The molecule has 0 heterocycles. The van der Waals surface area contributed by atoms with Crippen LogP contribution in [0, 0.1) is 11.8 Å². The van der Waals surface area contributed by atoms with Gasteiger partial charge in [-0.05, 0) is 136 Å². The highest BCUT2D eigenvalue weighted by Gasteiger charge is 2.45. The van der Waals surface area contributed by atoms with Gasteiger partial charge in [-0.25, -0.2) is 0 Å².